The van der Waals surface area contributed by atoms with Crippen LogP contribution >= 0.6 is 23.3 Å². The van der Waals surface area contributed by atoms with Gasteiger partial charge in [0.2, 0.25) is 0 Å². The largest absolute Gasteiger partial charge is 0.470 e. The summed E-state index contributed by atoms with van der Waals surface area (Å²) < 4.78 is 15.1. The van der Waals surface area contributed by atoms with Gasteiger partial charge in [-0.25, -0.2) is 4.21 Å². The molecular weight excluding hydrogens is 180 g/mol. The number of hydrogen-bond acceptors (Lipinski definition) is 3. The van der Waals surface area contributed by atoms with E-state index in [-0.39, 0.29) is 0 Å². The van der Waals surface area contributed by atoms with Crippen LogP contribution in [0, 0.1) is 0 Å². The standard InChI is InChI=1S/C4H3ClO2S2/c5-9(6)4-2-7-1-3(4)8/h1-2,8H. The number of halogens is 1. The minimum Gasteiger partial charge on any atom is -0.470 e. The van der Waals surface area contributed by atoms with Crippen LogP contribution < -0.4 is 0 Å². The molecular formula is C4H3ClO2S2. The van der Waals surface area contributed by atoms with Crippen LogP contribution in [0.25, 0.3) is 0 Å². The highest BCUT2D eigenvalue weighted by Crippen LogP contribution is 2.20. The Labute approximate surface area is 64.6 Å². The molecule has 1 aromatic rings. The van der Waals surface area contributed by atoms with E-state index in [2.05, 4.69) is 17.0 Å². The summed E-state index contributed by atoms with van der Waals surface area (Å²) in [6, 6.07) is 0. The first-order chi connectivity index (χ1) is 4.22. The summed E-state index contributed by atoms with van der Waals surface area (Å²) in [6.45, 7) is 0. The molecule has 1 atom stereocenters. The molecule has 0 spiro atoms. The molecule has 0 aliphatic rings. The summed E-state index contributed by atoms with van der Waals surface area (Å²) in [7, 11) is 3.71. The number of hydrogen-bond donors (Lipinski definition) is 1. The highest BCUT2D eigenvalue weighted by Gasteiger charge is 2.05. The van der Waals surface area contributed by atoms with Crippen molar-refractivity contribution in [2.45, 2.75) is 9.79 Å². The fraction of sp³-hybridized carbons (Fsp3) is 0. The molecule has 50 valence electrons. The molecule has 1 unspecified atom stereocenters. The third kappa shape index (κ3) is 1.50. The van der Waals surface area contributed by atoms with E-state index in [0.717, 1.165) is 0 Å². The maximum Gasteiger partial charge on any atom is 0.151 e. The second kappa shape index (κ2) is 2.77. The van der Waals surface area contributed by atoms with Crippen LogP contribution in [-0.4, -0.2) is 4.21 Å². The lowest BCUT2D eigenvalue weighted by Gasteiger charge is -1.83. The van der Waals surface area contributed by atoms with Crippen molar-refractivity contribution in [2.75, 3.05) is 0 Å². The highest BCUT2D eigenvalue weighted by molar-refractivity contribution is 8.08. The molecule has 0 N–H and O–H groups in total. The first-order valence-corrected chi connectivity index (χ1v) is 4.47. The third-order valence-electron chi connectivity index (χ3n) is 0.780. The van der Waals surface area contributed by atoms with Gasteiger partial charge in [-0.2, -0.15) is 0 Å². The Morgan fingerprint density at radius 1 is 1.67 bits per heavy atom. The summed E-state index contributed by atoms with van der Waals surface area (Å²) in [5.74, 6) is 0. The van der Waals surface area contributed by atoms with Crippen molar-refractivity contribution in [3.63, 3.8) is 0 Å². The minimum atomic E-state index is -1.51. The van der Waals surface area contributed by atoms with Gasteiger partial charge in [0.1, 0.15) is 17.4 Å². The Balaban J connectivity index is 3.08. The van der Waals surface area contributed by atoms with Gasteiger partial charge in [0.05, 0.1) is 4.90 Å². The topological polar surface area (TPSA) is 30.2 Å². The molecule has 0 aliphatic carbocycles. The molecule has 1 rings (SSSR count). The molecule has 0 saturated heterocycles. The van der Waals surface area contributed by atoms with Crippen LogP contribution in [0.15, 0.2) is 26.7 Å². The van der Waals surface area contributed by atoms with Crippen molar-refractivity contribution in [2.24, 2.45) is 0 Å². The lowest BCUT2D eigenvalue weighted by Crippen LogP contribution is -1.75. The predicted octanol–water partition coefficient (Wildman–Crippen LogP) is 1.83. The number of rotatable bonds is 1. The second-order valence-electron chi connectivity index (χ2n) is 1.34. The molecule has 9 heavy (non-hydrogen) atoms. The highest BCUT2D eigenvalue weighted by atomic mass is 35.7. The fourth-order valence-corrected chi connectivity index (χ4v) is 1.62. The second-order valence-corrected chi connectivity index (χ2v) is 3.55. The van der Waals surface area contributed by atoms with E-state index in [1.54, 1.807) is 0 Å². The lowest BCUT2D eigenvalue weighted by molar-refractivity contribution is 0.558. The van der Waals surface area contributed by atoms with Crippen molar-refractivity contribution in [3.05, 3.63) is 12.5 Å². The molecule has 1 heterocycles. The average molecular weight is 183 g/mol. The van der Waals surface area contributed by atoms with Gasteiger partial charge in [-0.3, -0.25) is 0 Å². The van der Waals surface area contributed by atoms with Gasteiger partial charge in [0.25, 0.3) is 0 Å². The van der Waals surface area contributed by atoms with E-state index in [1.165, 1.54) is 12.5 Å². The van der Waals surface area contributed by atoms with Gasteiger partial charge in [-0.05, 0) is 10.7 Å². The Kier molecular flexibility index (Phi) is 2.21. The zero-order chi connectivity index (χ0) is 6.85. The fourth-order valence-electron chi connectivity index (χ4n) is 0.399. The first-order valence-electron chi connectivity index (χ1n) is 2.05. The maximum atomic E-state index is 10.5. The molecule has 0 aliphatic heterocycles. The number of furan rings is 1. The monoisotopic (exact) mass is 182 g/mol. The number of thiol groups is 1. The maximum absolute atomic E-state index is 10.5. The molecule has 0 fully saturated rings. The molecule has 0 saturated carbocycles. The summed E-state index contributed by atoms with van der Waals surface area (Å²) in [5, 5.41) is 0. The third-order valence-corrected chi connectivity index (χ3v) is 2.44. The average Bonchev–Trinajstić information content (AvgIpc) is 2.13. The molecule has 5 heteroatoms. The molecule has 1 aromatic heterocycles. The van der Waals surface area contributed by atoms with Gasteiger partial charge in [-0.1, -0.05) is 0 Å². The van der Waals surface area contributed by atoms with Gasteiger partial charge in [0.15, 0.2) is 10.0 Å². The van der Waals surface area contributed by atoms with Crippen molar-refractivity contribution in [1.29, 1.82) is 0 Å². The molecule has 0 amide bonds. The van der Waals surface area contributed by atoms with Crippen LogP contribution in [0.4, 0.5) is 0 Å². The SMILES string of the molecule is O=S(Cl)c1cocc1S. The smallest absolute Gasteiger partial charge is 0.151 e. The zero-order valence-electron chi connectivity index (χ0n) is 4.20. The predicted molar refractivity (Wildman–Crippen MR) is 38.2 cm³/mol. The summed E-state index contributed by atoms with van der Waals surface area (Å²) in [5.41, 5.74) is 0. The van der Waals surface area contributed by atoms with E-state index >= 15 is 0 Å². The lowest BCUT2D eigenvalue weighted by atomic mass is 10.7. The van der Waals surface area contributed by atoms with E-state index in [9.17, 15) is 4.21 Å². The Bertz CT molecular complexity index is 232. The minimum absolute atomic E-state index is 0.417. The van der Waals surface area contributed by atoms with Gasteiger partial charge in [0, 0.05) is 0 Å². The van der Waals surface area contributed by atoms with E-state index in [1.807, 2.05) is 0 Å². The summed E-state index contributed by atoms with van der Waals surface area (Å²) >= 11 is 3.92. The van der Waals surface area contributed by atoms with Crippen LogP contribution in [-0.2, 0) is 10.0 Å². The van der Waals surface area contributed by atoms with Crippen molar-refractivity contribution < 1.29 is 8.63 Å². The quantitative estimate of drug-likeness (QED) is 0.531. The molecule has 2 nitrogen and oxygen atoms in total. The first kappa shape index (κ1) is 7.18. The zero-order valence-corrected chi connectivity index (χ0v) is 6.67. The van der Waals surface area contributed by atoms with Gasteiger partial charge >= 0.3 is 0 Å². The van der Waals surface area contributed by atoms with E-state index < -0.39 is 10.0 Å². The van der Waals surface area contributed by atoms with Crippen molar-refractivity contribution in [3.8, 4) is 0 Å². The normalized spacial score (nSPS) is 13.6. The van der Waals surface area contributed by atoms with Crippen LogP contribution in [0.3, 0.4) is 0 Å². The Morgan fingerprint density at radius 3 is 2.56 bits per heavy atom. The summed E-state index contributed by atoms with van der Waals surface area (Å²) in [6.07, 6.45) is 2.68. The Morgan fingerprint density at radius 2 is 2.33 bits per heavy atom. The van der Waals surface area contributed by atoms with Crippen LogP contribution in [0.1, 0.15) is 0 Å². The van der Waals surface area contributed by atoms with E-state index in [0.29, 0.717) is 9.79 Å². The molecule has 0 aromatic carbocycles. The molecule has 0 radical (unpaired) electrons. The van der Waals surface area contributed by atoms with Crippen LogP contribution in [0.2, 0.25) is 0 Å². The molecule has 0 bridgehead atoms. The summed E-state index contributed by atoms with van der Waals surface area (Å²) in [4.78, 5) is 0.934. The van der Waals surface area contributed by atoms with Crippen LogP contribution in [0.5, 0.6) is 0 Å². The van der Waals surface area contributed by atoms with Gasteiger partial charge in [-0.15, -0.1) is 12.6 Å². The van der Waals surface area contributed by atoms with Crippen molar-refractivity contribution in [1.82, 2.24) is 0 Å². The van der Waals surface area contributed by atoms with Gasteiger partial charge < -0.3 is 4.42 Å². The Hall–Kier alpha value is 0.0700. The van der Waals surface area contributed by atoms with Crippen molar-refractivity contribution >= 4 is 33.3 Å². The van der Waals surface area contributed by atoms with E-state index in [4.69, 9.17) is 10.7 Å².